The van der Waals surface area contributed by atoms with Crippen LogP contribution in [0.5, 0.6) is 0 Å². The number of rotatable bonds is 1. The summed E-state index contributed by atoms with van der Waals surface area (Å²) in [5, 5.41) is 0. The van der Waals surface area contributed by atoms with E-state index in [1.807, 2.05) is 31.2 Å². The van der Waals surface area contributed by atoms with Gasteiger partial charge in [-0.25, -0.2) is 4.79 Å². The highest BCUT2D eigenvalue weighted by Gasteiger charge is 2.06. The molecule has 13 heavy (non-hydrogen) atoms. The van der Waals surface area contributed by atoms with Crippen LogP contribution in [0, 0.1) is 6.92 Å². The van der Waals surface area contributed by atoms with Gasteiger partial charge in [0, 0.05) is 5.56 Å². The average molecular weight is 176 g/mol. The molecule has 1 aromatic heterocycles. The summed E-state index contributed by atoms with van der Waals surface area (Å²) in [4.78, 5) is 10.6. The first-order chi connectivity index (χ1) is 6.27. The Kier molecular flexibility index (Phi) is 1.77. The van der Waals surface area contributed by atoms with Crippen molar-refractivity contribution in [3.8, 4) is 11.3 Å². The van der Waals surface area contributed by atoms with Gasteiger partial charge in [-0.15, -0.1) is 0 Å². The molecule has 2 aromatic rings. The fourth-order valence-corrected chi connectivity index (χ4v) is 1.21. The van der Waals surface area contributed by atoms with Crippen LogP contribution in [0.1, 0.15) is 5.56 Å². The van der Waals surface area contributed by atoms with E-state index in [2.05, 4.69) is 4.42 Å². The number of aryl methyl sites for hydroxylation is 1. The van der Waals surface area contributed by atoms with Gasteiger partial charge in [0.25, 0.3) is 0 Å². The van der Waals surface area contributed by atoms with E-state index < -0.39 is 5.82 Å². The Labute approximate surface area is 74.6 Å². The van der Waals surface area contributed by atoms with Crippen LogP contribution in [-0.2, 0) is 0 Å². The smallest absolute Gasteiger partial charge is 0.399 e. The van der Waals surface area contributed by atoms with Gasteiger partial charge >= 0.3 is 5.82 Å². The van der Waals surface area contributed by atoms with Gasteiger partial charge < -0.3 is 8.83 Å². The first kappa shape index (κ1) is 7.86. The Morgan fingerprint density at radius 3 is 2.62 bits per heavy atom. The van der Waals surface area contributed by atoms with Crippen molar-refractivity contribution >= 4 is 0 Å². The van der Waals surface area contributed by atoms with Crippen LogP contribution in [0.3, 0.4) is 0 Å². The lowest BCUT2D eigenvalue weighted by molar-refractivity contribution is 0.389. The second-order valence-electron chi connectivity index (χ2n) is 2.77. The Bertz CT molecular complexity index is 465. The molecular weight excluding hydrogens is 168 g/mol. The minimum atomic E-state index is -0.668. The number of hydrogen-bond acceptors (Lipinski definition) is 3. The van der Waals surface area contributed by atoms with Crippen molar-refractivity contribution in [2.75, 3.05) is 0 Å². The topological polar surface area (TPSA) is 43.4 Å². The van der Waals surface area contributed by atoms with Crippen molar-refractivity contribution < 1.29 is 8.83 Å². The standard InChI is InChI=1S/C10H8O3/c1-7-4-2-3-5-8(7)9-6-12-10(11)13-9/h2-6H,1H3. The molecule has 0 unspecified atom stereocenters. The van der Waals surface area contributed by atoms with Crippen LogP contribution in [0.2, 0.25) is 0 Å². The van der Waals surface area contributed by atoms with E-state index in [9.17, 15) is 4.79 Å². The fraction of sp³-hybridized carbons (Fsp3) is 0.100. The summed E-state index contributed by atoms with van der Waals surface area (Å²) in [6.07, 6.45) is 1.32. The minimum absolute atomic E-state index is 0.475. The second kappa shape index (κ2) is 2.94. The maximum absolute atomic E-state index is 10.6. The molecule has 3 heteroatoms. The van der Waals surface area contributed by atoms with Gasteiger partial charge in [-0.1, -0.05) is 24.3 Å². The van der Waals surface area contributed by atoms with Gasteiger partial charge in [0.2, 0.25) is 0 Å². The van der Waals surface area contributed by atoms with E-state index in [0.717, 1.165) is 11.1 Å². The van der Waals surface area contributed by atoms with Crippen molar-refractivity contribution in [1.29, 1.82) is 0 Å². The predicted octanol–water partition coefficient (Wildman–Crippen LogP) is 2.21. The van der Waals surface area contributed by atoms with Gasteiger partial charge in [0.1, 0.15) is 6.26 Å². The Morgan fingerprint density at radius 1 is 1.23 bits per heavy atom. The molecule has 0 bridgehead atoms. The third-order valence-corrected chi connectivity index (χ3v) is 1.87. The van der Waals surface area contributed by atoms with E-state index in [1.54, 1.807) is 0 Å². The summed E-state index contributed by atoms with van der Waals surface area (Å²) in [5.41, 5.74) is 1.93. The lowest BCUT2D eigenvalue weighted by Gasteiger charge is -1.98. The summed E-state index contributed by atoms with van der Waals surface area (Å²) >= 11 is 0. The molecule has 0 radical (unpaired) electrons. The Balaban J connectivity index is 2.58. The van der Waals surface area contributed by atoms with Gasteiger partial charge in [-0.3, -0.25) is 0 Å². The molecule has 0 atom stereocenters. The van der Waals surface area contributed by atoms with Crippen molar-refractivity contribution in [1.82, 2.24) is 0 Å². The van der Waals surface area contributed by atoms with Crippen molar-refractivity contribution in [3.05, 3.63) is 46.7 Å². The van der Waals surface area contributed by atoms with E-state index in [1.165, 1.54) is 6.26 Å². The third kappa shape index (κ3) is 1.40. The summed E-state index contributed by atoms with van der Waals surface area (Å²) < 4.78 is 9.38. The molecule has 0 amide bonds. The van der Waals surface area contributed by atoms with Gasteiger partial charge in [-0.05, 0) is 12.5 Å². The molecule has 66 valence electrons. The number of benzene rings is 1. The van der Waals surface area contributed by atoms with Gasteiger partial charge in [0.15, 0.2) is 5.76 Å². The quantitative estimate of drug-likeness (QED) is 0.669. The van der Waals surface area contributed by atoms with Crippen LogP contribution in [0.25, 0.3) is 11.3 Å². The average Bonchev–Trinajstić information content (AvgIpc) is 2.53. The molecule has 0 fully saturated rings. The van der Waals surface area contributed by atoms with E-state index in [0.29, 0.717) is 5.76 Å². The molecule has 0 N–H and O–H groups in total. The summed E-state index contributed by atoms with van der Waals surface area (Å²) in [6.45, 7) is 1.95. The van der Waals surface area contributed by atoms with Crippen LogP contribution >= 0.6 is 0 Å². The fourth-order valence-electron chi connectivity index (χ4n) is 1.21. The normalized spacial score (nSPS) is 10.2. The first-order valence-electron chi connectivity index (χ1n) is 3.92. The lowest BCUT2D eigenvalue weighted by Crippen LogP contribution is -1.86. The monoisotopic (exact) mass is 176 g/mol. The predicted molar refractivity (Wildman–Crippen MR) is 47.4 cm³/mol. The zero-order valence-corrected chi connectivity index (χ0v) is 7.11. The molecule has 0 spiro atoms. The zero-order valence-electron chi connectivity index (χ0n) is 7.11. The highest BCUT2D eigenvalue weighted by atomic mass is 16.6. The van der Waals surface area contributed by atoms with Crippen LogP contribution < -0.4 is 5.82 Å². The molecular formula is C10H8O3. The van der Waals surface area contributed by atoms with Gasteiger partial charge in [0.05, 0.1) is 0 Å². The molecule has 2 rings (SSSR count). The molecule has 1 heterocycles. The Morgan fingerprint density at radius 2 is 2.00 bits per heavy atom. The summed E-state index contributed by atoms with van der Waals surface area (Å²) in [7, 11) is 0. The molecule has 0 saturated heterocycles. The maximum atomic E-state index is 10.6. The molecule has 0 saturated carbocycles. The maximum Gasteiger partial charge on any atom is 0.519 e. The second-order valence-corrected chi connectivity index (χ2v) is 2.77. The molecule has 0 aliphatic rings. The van der Waals surface area contributed by atoms with Crippen molar-refractivity contribution in [2.45, 2.75) is 6.92 Å². The van der Waals surface area contributed by atoms with E-state index in [-0.39, 0.29) is 0 Å². The number of hydrogen-bond donors (Lipinski definition) is 0. The third-order valence-electron chi connectivity index (χ3n) is 1.87. The molecule has 1 aromatic carbocycles. The van der Waals surface area contributed by atoms with Crippen LogP contribution in [0.15, 0.2) is 44.2 Å². The highest BCUT2D eigenvalue weighted by Crippen LogP contribution is 2.21. The molecule has 0 aliphatic heterocycles. The SMILES string of the molecule is Cc1ccccc1-c1coc(=O)o1. The molecule has 3 nitrogen and oxygen atoms in total. The van der Waals surface area contributed by atoms with E-state index in [4.69, 9.17) is 4.42 Å². The highest BCUT2D eigenvalue weighted by molar-refractivity contribution is 5.60. The van der Waals surface area contributed by atoms with Crippen LogP contribution in [0.4, 0.5) is 0 Å². The zero-order chi connectivity index (χ0) is 9.26. The summed E-state index contributed by atoms with van der Waals surface area (Å²) in [6, 6.07) is 7.64. The van der Waals surface area contributed by atoms with Crippen molar-refractivity contribution in [3.63, 3.8) is 0 Å². The Hall–Kier alpha value is -1.77. The minimum Gasteiger partial charge on any atom is -0.399 e. The van der Waals surface area contributed by atoms with Gasteiger partial charge in [-0.2, -0.15) is 0 Å². The van der Waals surface area contributed by atoms with Crippen LogP contribution in [-0.4, -0.2) is 0 Å². The lowest BCUT2D eigenvalue weighted by atomic mass is 10.1. The molecule has 0 aliphatic carbocycles. The summed E-state index contributed by atoms with van der Waals surface area (Å²) in [5.74, 6) is -0.193. The largest absolute Gasteiger partial charge is 0.519 e. The first-order valence-corrected chi connectivity index (χ1v) is 3.92. The van der Waals surface area contributed by atoms with Crippen molar-refractivity contribution in [2.24, 2.45) is 0 Å². The van der Waals surface area contributed by atoms with E-state index >= 15 is 0 Å².